The second kappa shape index (κ2) is 4.98. The van der Waals surface area contributed by atoms with E-state index in [2.05, 4.69) is 31.1 Å². The molecule has 3 nitrogen and oxygen atoms in total. The quantitative estimate of drug-likeness (QED) is 0.860. The van der Waals surface area contributed by atoms with Crippen molar-refractivity contribution in [2.75, 3.05) is 5.73 Å². The maximum atomic E-state index is 5.67. The molecule has 0 aliphatic carbocycles. The van der Waals surface area contributed by atoms with Crippen molar-refractivity contribution in [2.45, 2.75) is 32.8 Å². The molecule has 96 valence electrons. The zero-order valence-corrected chi connectivity index (χ0v) is 11.8. The standard InChI is InChI=1S/C14H18N2OS/c1-14(2,3)12-9-18-13(16-12)8-17-11-6-4-10(15)5-7-11/h4-7,9H,8,15H2,1-3H3. The lowest BCUT2D eigenvalue weighted by Crippen LogP contribution is -2.11. The minimum atomic E-state index is 0.0932. The Morgan fingerprint density at radius 3 is 2.44 bits per heavy atom. The van der Waals surface area contributed by atoms with E-state index >= 15 is 0 Å². The summed E-state index contributed by atoms with van der Waals surface area (Å²) in [4.78, 5) is 4.58. The van der Waals surface area contributed by atoms with E-state index in [0.29, 0.717) is 6.61 Å². The Morgan fingerprint density at radius 2 is 1.89 bits per heavy atom. The van der Waals surface area contributed by atoms with E-state index in [-0.39, 0.29) is 5.41 Å². The van der Waals surface area contributed by atoms with Crippen LogP contribution in [0.3, 0.4) is 0 Å². The van der Waals surface area contributed by atoms with Gasteiger partial charge in [0.15, 0.2) is 0 Å². The molecule has 0 radical (unpaired) electrons. The molecule has 18 heavy (non-hydrogen) atoms. The zero-order valence-electron chi connectivity index (χ0n) is 10.9. The monoisotopic (exact) mass is 262 g/mol. The van der Waals surface area contributed by atoms with Crippen molar-refractivity contribution in [1.82, 2.24) is 4.98 Å². The molecule has 0 saturated heterocycles. The van der Waals surface area contributed by atoms with Gasteiger partial charge in [-0.3, -0.25) is 0 Å². The smallest absolute Gasteiger partial charge is 0.140 e. The molecule has 2 rings (SSSR count). The number of anilines is 1. The zero-order chi connectivity index (χ0) is 13.2. The highest BCUT2D eigenvalue weighted by atomic mass is 32.1. The average molecular weight is 262 g/mol. The lowest BCUT2D eigenvalue weighted by molar-refractivity contribution is 0.305. The highest BCUT2D eigenvalue weighted by molar-refractivity contribution is 7.09. The van der Waals surface area contributed by atoms with Crippen molar-refractivity contribution >= 4 is 17.0 Å². The largest absolute Gasteiger partial charge is 0.486 e. The lowest BCUT2D eigenvalue weighted by atomic mass is 9.93. The Morgan fingerprint density at radius 1 is 1.22 bits per heavy atom. The van der Waals surface area contributed by atoms with Gasteiger partial charge in [0.05, 0.1) is 5.69 Å². The predicted molar refractivity (Wildman–Crippen MR) is 76.0 cm³/mol. The number of aromatic nitrogens is 1. The van der Waals surface area contributed by atoms with E-state index in [1.54, 1.807) is 11.3 Å². The van der Waals surface area contributed by atoms with E-state index in [1.165, 1.54) is 0 Å². The van der Waals surface area contributed by atoms with Crippen LogP contribution in [0, 0.1) is 0 Å². The summed E-state index contributed by atoms with van der Waals surface area (Å²) in [5.74, 6) is 0.816. The van der Waals surface area contributed by atoms with Gasteiger partial charge in [-0.05, 0) is 24.3 Å². The Labute approximate surface area is 112 Å². The van der Waals surface area contributed by atoms with Gasteiger partial charge >= 0.3 is 0 Å². The second-order valence-electron chi connectivity index (χ2n) is 5.23. The number of hydrogen-bond acceptors (Lipinski definition) is 4. The predicted octanol–water partition coefficient (Wildman–Crippen LogP) is 3.60. The van der Waals surface area contributed by atoms with E-state index in [0.717, 1.165) is 22.1 Å². The molecule has 1 heterocycles. The molecule has 4 heteroatoms. The maximum absolute atomic E-state index is 5.67. The molecular weight excluding hydrogens is 244 g/mol. The summed E-state index contributed by atoms with van der Waals surface area (Å²) in [5.41, 5.74) is 7.57. The minimum absolute atomic E-state index is 0.0932. The average Bonchev–Trinajstić information content (AvgIpc) is 2.77. The van der Waals surface area contributed by atoms with Gasteiger partial charge in [0, 0.05) is 16.5 Å². The molecule has 0 atom stereocenters. The summed E-state index contributed by atoms with van der Waals surface area (Å²) >= 11 is 1.64. The molecule has 0 amide bonds. The van der Waals surface area contributed by atoms with Gasteiger partial charge < -0.3 is 10.5 Å². The fraction of sp³-hybridized carbons (Fsp3) is 0.357. The van der Waals surface area contributed by atoms with Gasteiger partial charge in [-0.1, -0.05) is 20.8 Å². The van der Waals surface area contributed by atoms with Gasteiger partial charge in [-0.2, -0.15) is 0 Å². The summed E-state index contributed by atoms with van der Waals surface area (Å²) in [5, 5.41) is 3.10. The molecule has 0 fully saturated rings. The number of hydrogen-bond donors (Lipinski definition) is 1. The van der Waals surface area contributed by atoms with Crippen molar-refractivity contribution in [1.29, 1.82) is 0 Å². The van der Waals surface area contributed by atoms with Crippen LogP contribution in [0.1, 0.15) is 31.5 Å². The van der Waals surface area contributed by atoms with Crippen LogP contribution in [0.5, 0.6) is 5.75 Å². The molecule has 0 saturated carbocycles. The number of rotatable bonds is 3. The number of ether oxygens (including phenoxy) is 1. The Bertz CT molecular complexity index is 511. The van der Waals surface area contributed by atoms with Crippen LogP contribution >= 0.6 is 11.3 Å². The first-order valence-electron chi connectivity index (χ1n) is 5.88. The molecule has 0 aliphatic heterocycles. The summed E-state index contributed by atoms with van der Waals surface area (Å²) in [7, 11) is 0. The minimum Gasteiger partial charge on any atom is -0.486 e. The van der Waals surface area contributed by atoms with Crippen molar-refractivity contribution < 1.29 is 4.74 Å². The molecule has 1 aromatic carbocycles. The van der Waals surface area contributed by atoms with Crippen LogP contribution in [0.2, 0.25) is 0 Å². The molecule has 0 bridgehead atoms. The Kier molecular flexibility index (Phi) is 3.57. The van der Waals surface area contributed by atoms with Crippen LogP contribution in [0.25, 0.3) is 0 Å². The van der Waals surface area contributed by atoms with Gasteiger partial charge in [0.2, 0.25) is 0 Å². The van der Waals surface area contributed by atoms with Gasteiger partial charge in [-0.15, -0.1) is 11.3 Å². The molecular formula is C14H18N2OS. The van der Waals surface area contributed by atoms with Crippen LogP contribution in [0.15, 0.2) is 29.6 Å². The third kappa shape index (κ3) is 3.23. The van der Waals surface area contributed by atoms with E-state index < -0.39 is 0 Å². The second-order valence-corrected chi connectivity index (χ2v) is 6.18. The normalized spacial score (nSPS) is 11.5. The Hall–Kier alpha value is -1.55. The first kappa shape index (κ1) is 12.9. The lowest BCUT2D eigenvalue weighted by Gasteiger charge is -2.14. The van der Waals surface area contributed by atoms with Crippen LogP contribution in [0.4, 0.5) is 5.69 Å². The first-order valence-corrected chi connectivity index (χ1v) is 6.76. The summed E-state index contributed by atoms with van der Waals surface area (Å²) in [6.07, 6.45) is 0. The number of nitrogens with two attached hydrogens (primary N) is 1. The van der Waals surface area contributed by atoms with Crippen LogP contribution in [-0.4, -0.2) is 4.98 Å². The fourth-order valence-electron chi connectivity index (χ4n) is 1.43. The highest BCUT2D eigenvalue weighted by Gasteiger charge is 2.17. The first-order chi connectivity index (χ1) is 8.45. The third-order valence-corrected chi connectivity index (χ3v) is 3.38. The molecule has 0 unspecified atom stereocenters. The number of benzene rings is 1. The van der Waals surface area contributed by atoms with E-state index in [1.807, 2.05) is 24.3 Å². The summed E-state index contributed by atoms with van der Waals surface area (Å²) < 4.78 is 5.67. The van der Waals surface area contributed by atoms with Crippen molar-refractivity contribution in [2.24, 2.45) is 0 Å². The SMILES string of the molecule is CC(C)(C)c1csc(COc2ccc(N)cc2)n1. The fourth-order valence-corrected chi connectivity index (χ4v) is 2.36. The molecule has 0 spiro atoms. The van der Waals surface area contributed by atoms with Crippen molar-refractivity contribution in [3.8, 4) is 5.75 Å². The molecule has 2 N–H and O–H groups in total. The number of nitrogen functional groups attached to an aromatic ring is 1. The van der Waals surface area contributed by atoms with Crippen molar-refractivity contribution in [3.63, 3.8) is 0 Å². The molecule has 0 aliphatic rings. The number of nitrogens with zero attached hydrogens (tertiary/aromatic N) is 1. The molecule has 1 aromatic heterocycles. The Balaban J connectivity index is 1.98. The molecule has 2 aromatic rings. The number of thiazole rings is 1. The van der Waals surface area contributed by atoms with E-state index in [4.69, 9.17) is 10.5 Å². The maximum Gasteiger partial charge on any atom is 0.140 e. The highest BCUT2D eigenvalue weighted by Crippen LogP contribution is 2.24. The summed E-state index contributed by atoms with van der Waals surface area (Å²) in [6, 6.07) is 7.40. The topological polar surface area (TPSA) is 48.1 Å². The van der Waals surface area contributed by atoms with Gasteiger partial charge in [-0.25, -0.2) is 4.98 Å². The van der Waals surface area contributed by atoms with Crippen LogP contribution in [-0.2, 0) is 12.0 Å². The van der Waals surface area contributed by atoms with Gasteiger partial charge in [0.25, 0.3) is 0 Å². The van der Waals surface area contributed by atoms with Gasteiger partial charge in [0.1, 0.15) is 17.4 Å². The third-order valence-electron chi connectivity index (χ3n) is 2.56. The summed E-state index contributed by atoms with van der Waals surface area (Å²) in [6.45, 7) is 6.98. The van der Waals surface area contributed by atoms with E-state index in [9.17, 15) is 0 Å². The van der Waals surface area contributed by atoms with Crippen LogP contribution < -0.4 is 10.5 Å². The van der Waals surface area contributed by atoms with Crippen molar-refractivity contribution in [3.05, 3.63) is 40.3 Å².